The first-order valence-corrected chi connectivity index (χ1v) is 40.5. The van der Waals surface area contributed by atoms with E-state index in [-0.39, 0.29) is 92.5 Å². The zero-order valence-corrected chi connectivity index (χ0v) is 73.0. The highest BCUT2D eigenvalue weighted by molar-refractivity contribution is 5.52. The first kappa shape index (κ1) is 97.8. The van der Waals surface area contributed by atoms with Crippen LogP contribution in [0, 0.1) is 0 Å². The van der Waals surface area contributed by atoms with Gasteiger partial charge < -0.3 is 180 Å². The van der Waals surface area contributed by atoms with Crippen LogP contribution in [0.2, 0.25) is 0 Å². The van der Waals surface area contributed by atoms with Crippen LogP contribution in [0.3, 0.4) is 0 Å². The Kier molecular flexibility index (Phi) is 39.1. The molecule has 3 aromatic rings. The van der Waals surface area contributed by atoms with Gasteiger partial charge in [-0.15, -0.1) is 0 Å². The van der Waals surface area contributed by atoms with Gasteiger partial charge in [-0.05, 0) is 59.5 Å². The van der Waals surface area contributed by atoms with Gasteiger partial charge in [-0.25, -0.2) is 0 Å². The van der Waals surface area contributed by atoms with E-state index in [0.29, 0.717) is 65.0 Å². The second-order valence-corrected chi connectivity index (χ2v) is 29.6. The molecule has 0 saturated carbocycles. The molecule has 0 aliphatic carbocycles. The molecule has 40 heteroatoms. The summed E-state index contributed by atoms with van der Waals surface area (Å²) in [7, 11) is 26.8. The van der Waals surface area contributed by atoms with Crippen LogP contribution in [0.5, 0.6) is 34.5 Å². The highest BCUT2D eigenvalue weighted by Gasteiger charge is 2.62. The average Bonchev–Trinajstić information content (AvgIpc) is 0.763. The van der Waals surface area contributed by atoms with Crippen molar-refractivity contribution in [3.05, 3.63) is 70.8 Å². The first-order chi connectivity index (χ1) is 60.1. The quantitative estimate of drug-likeness (QED) is 0.0624. The smallest absolute Gasteiger partial charge is 0.293 e. The molecule has 19 fully saturated rings. The number of benzene rings is 3. The molecule has 0 unspecified atom stereocenters. The van der Waals surface area contributed by atoms with Crippen LogP contribution in [-0.4, -0.2) is 404 Å². The summed E-state index contributed by atoms with van der Waals surface area (Å²) in [6.07, 6.45) is -34.3. The number of rotatable bonds is 33. The zero-order valence-electron chi connectivity index (χ0n) is 73.0. The van der Waals surface area contributed by atoms with E-state index in [0.717, 1.165) is 11.1 Å². The van der Waals surface area contributed by atoms with Crippen LogP contribution in [0.15, 0.2) is 48.5 Å². The summed E-state index contributed by atoms with van der Waals surface area (Å²) in [5, 5.41) is 0. The molecule has 3 aromatic carbocycles. The van der Waals surface area contributed by atoms with Crippen molar-refractivity contribution >= 4 is 12.9 Å². The third-order valence-electron chi connectivity index (χ3n) is 22.7. The number of ether oxygens (including phenoxy) is 38. The van der Waals surface area contributed by atoms with Gasteiger partial charge in [0.15, 0.2) is 72.2 Å². The minimum Gasteiger partial charge on any atom is -0.493 e. The Morgan fingerprint density at radius 3 is 1.12 bits per heavy atom. The summed E-state index contributed by atoms with van der Waals surface area (Å²) < 4.78 is 248. The number of carbonyl (C=O) groups excluding carboxylic acids is 2. The van der Waals surface area contributed by atoms with Gasteiger partial charge in [0.1, 0.15) is 180 Å². The van der Waals surface area contributed by atoms with Gasteiger partial charge in [-0.3, -0.25) is 9.59 Å². The summed E-state index contributed by atoms with van der Waals surface area (Å²) in [6.45, 7) is -0.464. The molecule has 123 heavy (non-hydrogen) atoms. The van der Waals surface area contributed by atoms with E-state index in [1.165, 1.54) is 121 Å². The van der Waals surface area contributed by atoms with E-state index < -0.39 is 184 Å². The average molecular weight is 1760 g/mol. The minimum atomic E-state index is -1.37. The van der Waals surface area contributed by atoms with Gasteiger partial charge in [0.25, 0.3) is 12.9 Å². The number of hydrogen-bond acceptors (Lipinski definition) is 40. The van der Waals surface area contributed by atoms with E-state index in [2.05, 4.69) is 0 Å². The maximum Gasteiger partial charge on any atom is 0.293 e. The fraction of sp³-hybridized carbons (Fsp3) is 0.759. The van der Waals surface area contributed by atoms with Crippen molar-refractivity contribution in [3.63, 3.8) is 0 Å². The van der Waals surface area contributed by atoms with Gasteiger partial charge in [0.05, 0.1) is 80.8 Å². The monoisotopic (exact) mass is 1760 g/mol. The standard InChI is InChI=1S/C83H124O40/c1-86-36-53-60-66(92-7)72(98-13)78(112-53)121-63-56-39-104-23-26-109-48-21-19-44(31-50(48)89-4)29-46-30-47(35-108-43-85)59(91-6)52(33-46)111-28-25-106-41-58-65(123-80-74(100-15)67(93-8)61(54(114-80)37-87-2)118-81(115-56)75(101-16)69(63)95-10)71(97-12)77(103-18)83(117-58)120-62-55(38-88-3)113-79(73(99-14)68(62)94-9)122-64-57(116-82(119-60)76(102-17)70(64)96-11)40-105-24-27-110-49-22-20-45(34-107-42-84)32-51(49)90-5/h19-22,30-33,42-43,53-58,60-83H,23-29,34-41H2,1-18H3/t53-,54-,55-,56-,57-,58-,60-,61-,62-,63-,64-,65-,66+,67+,68+,69+,70+,71+,72-,73-,74-,75-,76-,77-,78-,79-,80-,81-,82-,83-/m1/s1. The highest BCUT2D eigenvalue weighted by Crippen LogP contribution is 2.44. The Hall–Kier alpha value is -5.80. The largest absolute Gasteiger partial charge is 0.493 e. The van der Waals surface area contributed by atoms with Crippen molar-refractivity contribution in [1.82, 2.24) is 0 Å². The normalized spacial score (nSPS) is 36.0. The number of carbonyl (C=O) groups is 2. The Bertz CT molecular complexity index is 3590. The molecule has 0 aromatic heterocycles. The molecule has 18 bridgehead atoms. The molecular weight excluding hydrogens is 1640 g/mol. The summed E-state index contributed by atoms with van der Waals surface area (Å²) >= 11 is 0. The zero-order chi connectivity index (χ0) is 87.6. The molecule has 696 valence electrons. The fourth-order valence-corrected chi connectivity index (χ4v) is 17.1. The maximum atomic E-state index is 11.7. The van der Waals surface area contributed by atoms with Gasteiger partial charge in [-0.2, -0.15) is 0 Å². The van der Waals surface area contributed by atoms with Crippen molar-refractivity contribution in [2.75, 3.05) is 207 Å². The highest BCUT2D eigenvalue weighted by atomic mass is 16.8. The first-order valence-electron chi connectivity index (χ1n) is 40.5. The van der Waals surface area contributed by atoms with E-state index in [1.54, 1.807) is 31.4 Å². The minimum absolute atomic E-state index is 0.00577. The van der Waals surface area contributed by atoms with Crippen LogP contribution in [0.1, 0.15) is 22.3 Å². The molecular formula is C83H124O40. The SMILES string of the molecule is COC[C@H]1O[C@@H]2O[C@H]3[C@H](OC)[C@@H](OC)[C@H]4O[C@H]5[C@H](OC)[C@@H](OC)[C@@H](O[C@H]6[C@H](OC)[C@@H](OC)[C@@H](O[C@H]7[C@H](OC)[C@@H](OC)[C@@H](O[C@H]8[C@H](OC)[C@@H](OC)[C@@H](O[C@H]1[C@H](OC)[C@H]2OC)O[C@@H]8COCCOc1ccc(cc1OC)Cc1cc(COC=O)c(OC)c(c1)OCCOC[C@H]3O4)O[C@@H]7COC)O[C@@H]6COCCOc1ccc(COC=O)cc1OC)O[C@@H]5COC. The van der Waals surface area contributed by atoms with Crippen LogP contribution < -0.4 is 28.4 Å². The Labute approximate surface area is 716 Å². The predicted molar refractivity (Wildman–Crippen MR) is 419 cm³/mol. The number of methoxy groups -OCH3 is 18. The lowest BCUT2D eigenvalue weighted by molar-refractivity contribution is -0.410. The summed E-state index contributed by atoms with van der Waals surface area (Å²) in [5.74, 6) is 2.29. The molecule has 0 spiro atoms. The molecule has 0 radical (unpaired) electrons. The summed E-state index contributed by atoms with van der Waals surface area (Å²) in [6, 6.07) is 14.4. The van der Waals surface area contributed by atoms with Crippen LogP contribution in [-0.2, 0) is 181 Å². The molecule has 23 aliphatic rings. The summed E-state index contributed by atoms with van der Waals surface area (Å²) in [4.78, 5) is 22.8. The lowest BCUT2D eigenvalue weighted by Gasteiger charge is -2.53. The Balaban J connectivity index is 1.04. The molecule has 23 heterocycles. The van der Waals surface area contributed by atoms with Gasteiger partial charge in [-0.1, -0.05) is 12.1 Å². The van der Waals surface area contributed by atoms with E-state index in [9.17, 15) is 9.59 Å². The Morgan fingerprint density at radius 1 is 0.333 bits per heavy atom. The van der Waals surface area contributed by atoms with E-state index >= 15 is 0 Å². The van der Waals surface area contributed by atoms with Crippen LogP contribution in [0.4, 0.5) is 0 Å². The van der Waals surface area contributed by atoms with Crippen molar-refractivity contribution < 1.29 is 190 Å². The van der Waals surface area contributed by atoms with Gasteiger partial charge in [0.2, 0.25) is 0 Å². The van der Waals surface area contributed by atoms with Crippen LogP contribution >= 0.6 is 0 Å². The molecule has 0 amide bonds. The van der Waals surface area contributed by atoms with Crippen molar-refractivity contribution in [1.29, 1.82) is 0 Å². The summed E-state index contributed by atoms with van der Waals surface area (Å²) in [5.41, 5.74) is 2.80. The second-order valence-electron chi connectivity index (χ2n) is 29.6. The van der Waals surface area contributed by atoms with Crippen molar-refractivity contribution in [2.45, 2.75) is 204 Å². The van der Waals surface area contributed by atoms with Gasteiger partial charge in [0, 0.05) is 112 Å². The third kappa shape index (κ3) is 23.3. The van der Waals surface area contributed by atoms with E-state index in [4.69, 9.17) is 180 Å². The second kappa shape index (κ2) is 49.1. The van der Waals surface area contributed by atoms with Crippen LogP contribution in [0.25, 0.3) is 0 Å². The molecule has 26 rings (SSSR count). The lowest BCUT2D eigenvalue weighted by atomic mass is 9.94. The fourth-order valence-electron chi connectivity index (χ4n) is 17.1. The van der Waals surface area contributed by atoms with Crippen molar-refractivity contribution in [2.24, 2.45) is 0 Å². The molecule has 30 atom stereocenters. The lowest BCUT2D eigenvalue weighted by Crippen LogP contribution is -2.70. The topological polar surface area (TPSA) is 385 Å². The molecule has 0 N–H and O–H groups in total. The predicted octanol–water partition coefficient (Wildman–Crippen LogP) is 2.34. The third-order valence-corrected chi connectivity index (χ3v) is 22.7. The van der Waals surface area contributed by atoms with Crippen molar-refractivity contribution in [3.8, 4) is 34.5 Å². The molecule has 40 nitrogen and oxygen atoms in total. The molecule has 19 saturated heterocycles. The maximum absolute atomic E-state index is 11.7. The van der Waals surface area contributed by atoms with E-state index in [1.807, 2.05) is 24.3 Å². The Morgan fingerprint density at radius 2 is 0.724 bits per heavy atom. The molecule has 23 aliphatic heterocycles. The number of hydrogen-bond donors (Lipinski definition) is 0. The van der Waals surface area contributed by atoms with Gasteiger partial charge >= 0.3 is 0 Å².